The molecule has 64 valence electrons. The summed E-state index contributed by atoms with van der Waals surface area (Å²) in [5.41, 5.74) is 0.276. The monoisotopic (exact) mass is 185 g/mol. The molecule has 0 spiro atoms. The maximum Gasteiger partial charge on any atom is 0.271 e. The summed E-state index contributed by atoms with van der Waals surface area (Å²) in [6, 6.07) is 0. The van der Waals surface area contributed by atoms with Crippen LogP contribution in [0.25, 0.3) is 0 Å². The molecule has 0 atom stereocenters. The number of carbonyl (C=O) groups excluding carboxylic acids is 1. The second-order valence-electron chi connectivity index (χ2n) is 2.09. The minimum atomic E-state index is -0.280. The van der Waals surface area contributed by atoms with Gasteiger partial charge in [-0.05, 0) is 0 Å². The van der Waals surface area contributed by atoms with Gasteiger partial charge in [0, 0.05) is 6.54 Å². The molecule has 0 unspecified atom stereocenters. The quantitative estimate of drug-likeness (QED) is 0.690. The summed E-state index contributed by atoms with van der Waals surface area (Å²) < 4.78 is 0. The predicted octanol–water partition coefficient (Wildman–Crippen LogP) is 0.979. The van der Waals surface area contributed by atoms with Crippen LogP contribution in [0.4, 0.5) is 0 Å². The van der Waals surface area contributed by atoms with E-state index in [1.807, 2.05) is 0 Å². The van der Waals surface area contributed by atoms with E-state index in [1.165, 1.54) is 6.20 Å². The topological polar surface area (TPSA) is 57.8 Å². The molecule has 1 rings (SSSR count). The van der Waals surface area contributed by atoms with Gasteiger partial charge in [0.2, 0.25) is 0 Å². The SMILES string of the molecule is C=CCNC(=O)c1[nH]ncc1Cl. The lowest BCUT2D eigenvalue weighted by Crippen LogP contribution is -2.23. The first kappa shape index (κ1) is 8.80. The second kappa shape index (κ2) is 3.92. The van der Waals surface area contributed by atoms with Crippen LogP contribution < -0.4 is 5.32 Å². The third-order valence-electron chi connectivity index (χ3n) is 1.23. The number of hydrogen-bond acceptors (Lipinski definition) is 2. The maximum atomic E-state index is 11.2. The number of hydrogen-bond donors (Lipinski definition) is 2. The molecule has 1 heterocycles. The lowest BCUT2D eigenvalue weighted by molar-refractivity contribution is 0.0953. The Labute approximate surface area is 74.6 Å². The molecule has 0 aliphatic heterocycles. The number of nitrogens with one attached hydrogen (secondary N) is 2. The summed E-state index contributed by atoms with van der Waals surface area (Å²) in [5.74, 6) is -0.280. The van der Waals surface area contributed by atoms with Crippen molar-refractivity contribution >= 4 is 17.5 Å². The molecule has 2 N–H and O–H groups in total. The van der Waals surface area contributed by atoms with Gasteiger partial charge in [0.05, 0.1) is 11.2 Å². The van der Waals surface area contributed by atoms with E-state index in [-0.39, 0.29) is 11.6 Å². The number of nitrogens with zero attached hydrogens (tertiary/aromatic N) is 1. The van der Waals surface area contributed by atoms with Crippen LogP contribution in [0, 0.1) is 0 Å². The van der Waals surface area contributed by atoms with Crippen LogP contribution >= 0.6 is 11.6 Å². The van der Waals surface area contributed by atoms with Crippen molar-refractivity contribution in [3.05, 3.63) is 29.6 Å². The van der Waals surface area contributed by atoms with Gasteiger partial charge in [-0.3, -0.25) is 9.89 Å². The second-order valence-corrected chi connectivity index (χ2v) is 2.50. The Morgan fingerprint density at radius 1 is 1.92 bits per heavy atom. The summed E-state index contributed by atoms with van der Waals surface area (Å²) in [6.45, 7) is 3.87. The van der Waals surface area contributed by atoms with Gasteiger partial charge in [0.15, 0.2) is 0 Å². The highest BCUT2D eigenvalue weighted by atomic mass is 35.5. The number of aromatic amines is 1. The van der Waals surface area contributed by atoms with Gasteiger partial charge in [-0.2, -0.15) is 5.10 Å². The molecule has 0 radical (unpaired) electrons. The van der Waals surface area contributed by atoms with Gasteiger partial charge in [-0.1, -0.05) is 17.7 Å². The minimum absolute atomic E-state index is 0.276. The molecule has 0 aliphatic rings. The zero-order valence-corrected chi connectivity index (χ0v) is 7.06. The first-order valence-electron chi connectivity index (χ1n) is 3.33. The van der Waals surface area contributed by atoms with Crippen molar-refractivity contribution < 1.29 is 4.79 Å². The molecule has 0 saturated carbocycles. The highest BCUT2D eigenvalue weighted by molar-refractivity contribution is 6.33. The van der Waals surface area contributed by atoms with Crippen LogP contribution in [0.15, 0.2) is 18.9 Å². The van der Waals surface area contributed by atoms with E-state index in [2.05, 4.69) is 22.1 Å². The number of H-pyrrole nitrogens is 1. The Morgan fingerprint density at radius 3 is 3.17 bits per heavy atom. The van der Waals surface area contributed by atoms with E-state index < -0.39 is 0 Å². The van der Waals surface area contributed by atoms with Crippen LogP contribution in [0.3, 0.4) is 0 Å². The highest BCUT2D eigenvalue weighted by Gasteiger charge is 2.10. The number of amides is 1. The third-order valence-corrected chi connectivity index (χ3v) is 1.51. The number of rotatable bonds is 3. The summed E-state index contributed by atoms with van der Waals surface area (Å²) in [6.07, 6.45) is 2.96. The average Bonchev–Trinajstić information content (AvgIpc) is 2.47. The van der Waals surface area contributed by atoms with Crippen molar-refractivity contribution in [3.8, 4) is 0 Å². The van der Waals surface area contributed by atoms with Gasteiger partial charge in [0.25, 0.3) is 5.91 Å². The van der Waals surface area contributed by atoms with E-state index in [1.54, 1.807) is 6.08 Å². The van der Waals surface area contributed by atoms with E-state index in [0.29, 0.717) is 11.6 Å². The zero-order chi connectivity index (χ0) is 8.97. The van der Waals surface area contributed by atoms with Gasteiger partial charge in [-0.25, -0.2) is 0 Å². The van der Waals surface area contributed by atoms with Crippen molar-refractivity contribution in [2.45, 2.75) is 0 Å². The molecular formula is C7H8ClN3O. The van der Waals surface area contributed by atoms with Crippen molar-refractivity contribution in [3.63, 3.8) is 0 Å². The Kier molecular flexibility index (Phi) is 2.88. The van der Waals surface area contributed by atoms with Crippen molar-refractivity contribution in [1.29, 1.82) is 0 Å². The smallest absolute Gasteiger partial charge is 0.271 e. The highest BCUT2D eigenvalue weighted by Crippen LogP contribution is 2.10. The van der Waals surface area contributed by atoms with E-state index >= 15 is 0 Å². The van der Waals surface area contributed by atoms with Gasteiger partial charge < -0.3 is 5.32 Å². The fourth-order valence-corrected chi connectivity index (χ4v) is 0.861. The fraction of sp³-hybridized carbons (Fsp3) is 0.143. The lowest BCUT2D eigenvalue weighted by atomic mass is 10.4. The Balaban J connectivity index is 2.65. The molecule has 1 aromatic rings. The van der Waals surface area contributed by atoms with Crippen LogP contribution in [-0.4, -0.2) is 22.6 Å². The fourth-order valence-electron chi connectivity index (χ4n) is 0.684. The van der Waals surface area contributed by atoms with Crippen LogP contribution in [0.1, 0.15) is 10.5 Å². The Hall–Kier alpha value is -1.29. The van der Waals surface area contributed by atoms with Gasteiger partial charge >= 0.3 is 0 Å². The summed E-state index contributed by atoms with van der Waals surface area (Å²) in [4.78, 5) is 11.2. The normalized spacial score (nSPS) is 9.42. The summed E-state index contributed by atoms with van der Waals surface area (Å²) in [7, 11) is 0. The van der Waals surface area contributed by atoms with E-state index in [4.69, 9.17) is 11.6 Å². The molecular weight excluding hydrogens is 178 g/mol. The van der Waals surface area contributed by atoms with Gasteiger partial charge in [-0.15, -0.1) is 6.58 Å². The minimum Gasteiger partial charge on any atom is -0.347 e. The molecule has 1 amide bonds. The van der Waals surface area contributed by atoms with Crippen molar-refractivity contribution in [2.24, 2.45) is 0 Å². The van der Waals surface area contributed by atoms with Crippen molar-refractivity contribution in [1.82, 2.24) is 15.5 Å². The van der Waals surface area contributed by atoms with Crippen molar-refractivity contribution in [2.75, 3.05) is 6.54 Å². The lowest BCUT2D eigenvalue weighted by Gasteiger charge is -1.98. The molecule has 4 nitrogen and oxygen atoms in total. The van der Waals surface area contributed by atoms with Crippen LogP contribution in [-0.2, 0) is 0 Å². The van der Waals surface area contributed by atoms with E-state index in [0.717, 1.165) is 0 Å². The first-order valence-corrected chi connectivity index (χ1v) is 3.71. The molecule has 0 aromatic carbocycles. The number of carbonyl (C=O) groups is 1. The zero-order valence-electron chi connectivity index (χ0n) is 6.30. The molecule has 0 fully saturated rings. The average molecular weight is 186 g/mol. The molecule has 5 heteroatoms. The maximum absolute atomic E-state index is 11.2. The molecule has 1 aromatic heterocycles. The molecule has 0 bridgehead atoms. The molecule has 0 aliphatic carbocycles. The summed E-state index contributed by atoms with van der Waals surface area (Å²) >= 11 is 5.63. The first-order chi connectivity index (χ1) is 5.75. The number of aromatic nitrogens is 2. The van der Waals surface area contributed by atoms with Crippen LogP contribution in [0.5, 0.6) is 0 Å². The Bertz CT molecular complexity index is 295. The predicted molar refractivity (Wildman–Crippen MR) is 46.1 cm³/mol. The van der Waals surface area contributed by atoms with E-state index in [9.17, 15) is 4.79 Å². The molecule has 12 heavy (non-hydrogen) atoms. The Morgan fingerprint density at radius 2 is 2.67 bits per heavy atom. The van der Waals surface area contributed by atoms with Gasteiger partial charge in [0.1, 0.15) is 5.69 Å². The number of halogens is 1. The van der Waals surface area contributed by atoms with Crippen LogP contribution in [0.2, 0.25) is 5.02 Å². The third kappa shape index (κ3) is 1.85. The standard InChI is InChI=1S/C7H8ClN3O/c1-2-3-9-7(12)6-5(8)4-10-11-6/h2,4H,1,3H2,(H,9,12)(H,10,11). The molecule has 0 saturated heterocycles. The largest absolute Gasteiger partial charge is 0.347 e. The summed E-state index contributed by atoms with van der Waals surface area (Å²) in [5, 5.41) is 8.97.